The van der Waals surface area contributed by atoms with Crippen LogP contribution in [0, 0.1) is 13.8 Å². The molecule has 4 heteroatoms. The zero-order valence-corrected chi connectivity index (χ0v) is 14.7. The van der Waals surface area contributed by atoms with Crippen molar-refractivity contribution in [1.82, 2.24) is 10.3 Å². The van der Waals surface area contributed by atoms with Gasteiger partial charge in [-0.2, -0.15) is 0 Å². The minimum absolute atomic E-state index is 0.0405. The van der Waals surface area contributed by atoms with Gasteiger partial charge in [0.1, 0.15) is 0 Å². The molecule has 0 aliphatic rings. The van der Waals surface area contributed by atoms with Gasteiger partial charge in [-0.15, -0.1) is 11.8 Å². The van der Waals surface area contributed by atoms with E-state index in [9.17, 15) is 4.79 Å². The molecule has 3 aromatic rings. The van der Waals surface area contributed by atoms with Gasteiger partial charge in [0.05, 0.1) is 11.1 Å². The van der Waals surface area contributed by atoms with E-state index in [-0.39, 0.29) is 5.91 Å². The third kappa shape index (κ3) is 3.95. The number of carbonyl (C=O) groups excluding carboxylic acids is 1. The van der Waals surface area contributed by atoms with E-state index in [1.807, 2.05) is 37.3 Å². The molecule has 0 radical (unpaired) electrons. The summed E-state index contributed by atoms with van der Waals surface area (Å²) in [6, 6.07) is 18.0. The smallest absolute Gasteiger partial charge is 0.252 e. The Morgan fingerprint density at radius 2 is 1.83 bits per heavy atom. The number of pyridine rings is 1. The van der Waals surface area contributed by atoms with E-state index in [0.717, 1.165) is 22.3 Å². The van der Waals surface area contributed by atoms with Crippen LogP contribution in [0.1, 0.15) is 21.6 Å². The van der Waals surface area contributed by atoms with E-state index in [4.69, 9.17) is 0 Å². The fourth-order valence-corrected chi connectivity index (χ4v) is 3.33. The van der Waals surface area contributed by atoms with Crippen LogP contribution in [0.15, 0.2) is 59.5 Å². The van der Waals surface area contributed by atoms with E-state index in [2.05, 4.69) is 41.5 Å². The van der Waals surface area contributed by atoms with Gasteiger partial charge in [-0.25, -0.2) is 0 Å². The normalized spacial score (nSPS) is 10.8. The number of rotatable bonds is 5. The second-order valence-corrected chi connectivity index (χ2v) is 6.91. The number of benzene rings is 2. The molecular weight excluding hydrogens is 316 g/mol. The van der Waals surface area contributed by atoms with Crippen LogP contribution in [0.3, 0.4) is 0 Å². The van der Waals surface area contributed by atoms with Crippen molar-refractivity contribution < 1.29 is 4.79 Å². The van der Waals surface area contributed by atoms with Crippen molar-refractivity contribution in [3.8, 4) is 0 Å². The molecule has 1 amide bonds. The SMILES string of the molecule is Cc1ccc(SCCNC(=O)c2cc(C)nc3ccccc23)cc1. The summed E-state index contributed by atoms with van der Waals surface area (Å²) in [6.45, 7) is 4.62. The molecule has 3 nitrogen and oxygen atoms in total. The quantitative estimate of drug-likeness (QED) is 0.555. The highest BCUT2D eigenvalue weighted by molar-refractivity contribution is 7.99. The maximum Gasteiger partial charge on any atom is 0.252 e. The summed E-state index contributed by atoms with van der Waals surface area (Å²) in [5.41, 5.74) is 3.66. The Morgan fingerprint density at radius 3 is 2.62 bits per heavy atom. The highest BCUT2D eigenvalue weighted by atomic mass is 32.2. The standard InChI is InChI=1S/C20H20N2OS/c1-14-7-9-16(10-8-14)24-12-11-21-20(23)18-13-15(2)22-19-6-4-3-5-17(18)19/h3-10,13H,11-12H2,1-2H3,(H,21,23). The highest BCUT2D eigenvalue weighted by Crippen LogP contribution is 2.19. The maximum absolute atomic E-state index is 12.5. The molecule has 1 N–H and O–H groups in total. The molecule has 24 heavy (non-hydrogen) atoms. The lowest BCUT2D eigenvalue weighted by molar-refractivity contribution is 0.0957. The summed E-state index contributed by atoms with van der Waals surface area (Å²) in [6.07, 6.45) is 0. The van der Waals surface area contributed by atoms with Crippen molar-refractivity contribution in [2.24, 2.45) is 0 Å². The van der Waals surface area contributed by atoms with E-state index in [1.165, 1.54) is 10.5 Å². The molecule has 0 bridgehead atoms. The largest absolute Gasteiger partial charge is 0.351 e. The number of amides is 1. The molecule has 0 unspecified atom stereocenters. The van der Waals surface area contributed by atoms with E-state index >= 15 is 0 Å². The zero-order chi connectivity index (χ0) is 16.9. The van der Waals surface area contributed by atoms with Crippen LogP contribution in [0.4, 0.5) is 0 Å². The van der Waals surface area contributed by atoms with Crippen LogP contribution >= 0.6 is 11.8 Å². The predicted molar refractivity (Wildman–Crippen MR) is 101 cm³/mol. The first-order valence-corrected chi connectivity index (χ1v) is 8.96. The van der Waals surface area contributed by atoms with Crippen LogP contribution in [0.5, 0.6) is 0 Å². The maximum atomic E-state index is 12.5. The van der Waals surface area contributed by atoms with Gasteiger partial charge in [0.2, 0.25) is 0 Å². The molecule has 0 aliphatic heterocycles. The minimum Gasteiger partial charge on any atom is -0.351 e. The molecule has 0 aliphatic carbocycles. The van der Waals surface area contributed by atoms with Crippen molar-refractivity contribution in [2.45, 2.75) is 18.7 Å². The first-order valence-electron chi connectivity index (χ1n) is 7.97. The Morgan fingerprint density at radius 1 is 1.08 bits per heavy atom. The number of para-hydroxylation sites is 1. The van der Waals surface area contributed by atoms with Crippen LogP contribution in [-0.4, -0.2) is 23.2 Å². The van der Waals surface area contributed by atoms with Gasteiger partial charge >= 0.3 is 0 Å². The molecule has 3 rings (SSSR count). The Hall–Kier alpha value is -2.33. The highest BCUT2D eigenvalue weighted by Gasteiger charge is 2.11. The van der Waals surface area contributed by atoms with Gasteiger partial charge in [-0.1, -0.05) is 35.9 Å². The fourth-order valence-electron chi connectivity index (χ4n) is 2.56. The lowest BCUT2D eigenvalue weighted by atomic mass is 10.1. The van der Waals surface area contributed by atoms with Crippen LogP contribution in [-0.2, 0) is 0 Å². The summed E-state index contributed by atoms with van der Waals surface area (Å²) in [7, 11) is 0. The number of hydrogen-bond donors (Lipinski definition) is 1. The lowest BCUT2D eigenvalue weighted by Gasteiger charge is -2.09. The zero-order valence-electron chi connectivity index (χ0n) is 13.9. The second-order valence-electron chi connectivity index (χ2n) is 5.75. The number of nitrogens with one attached hydrogen (secondary N) is 1. The topological polar surface area (TPSA) is 42.0 Å². The van der Waals surface area contributed by atoms with Crippen LogP contribution in [0.25, 0.3) is 10.9 Å². The number of nitrogens with zero attached hydrogens (tertiary/aromatic N) is 1. The number of carbonyl (C=O) groups is 1. The Bertz CT molecular complexity index is 859. The molecule has 2 aromatic carbocycles. The number of thioether (sulfide) groups is 1. The molecule has 1 heterocycles. The predicted octanol–water partition coefficient (Wildman–Crippen LogP) is 4.37. The van der Waals surface area contributed by atoms with Gasteiger partial charge in [0, 0.05) is 28.3 Å². The molecule has 0 spiro atoms. The summed E-state index contributed by atoms with van der Waals surface area (Å²) >= 11 is 1.75. The van der Waals surface area contributed by atoms with E-state index < -0.39 is 0 Å². The number of aromatic nitrogens is 1. The average Bonchev–Trinajstić information content (AvgIpc) is 2.59. The summed E-state index contributed by atoms with van der Waals surface area (Å²) in [4.78, 5) is 18.2. The van der Waals surface area contributed by atoms with Crippen LogP contribution < -0.4 is 5.32 Å². The summed E-state index contributed by atoms with van der Waals surface area (Å²) in [5.74, 6) is 0.803. The monoisotopic (exact) mass is 336 g/mol. The molecule has 0 atom stereocenters. The molecule has 0 saturated heterocycles. The summed E-state index contributed by atoms with van der Waals surface area (Å²) < 4.78 is 0. The number of hydrogen-bond acceptors (Lipinski definition) is 3. The first-order chi connectivity index (χ1) is 11.6. The van der Waals surface area contributed by atoms with Gasteiger partial charge in [-0.05, 0) is 38.1 Å². The Balaban J connectivity index is 1.62. The molecule has 1 aromatic heterocycles. The van der Waals surface area contributed by atoms with Crippen molar-refractivity contribution in [2.75, 3.05) is 12.3 Å². The molecular formula is C20H20N2OS. The van der Waals surface area contributed by atoms with Crippen molar-refractivity contribution in [1.29, 1.82) is 0 Å². The molecule has 122 valence electrons. The Kier molecular flexibility index (Phi) is 5.16. The third-order valence-corrected chi connectivity index (χ3v) is 4.78. The van der Waals surface area contributed by atoms with E-state index in [1.54, 1.807) is 11.8 Å². The van der Waals surface area contributed by atoms with E-state index in [0.29, 0.717) is 12.1 Å². The van der Waals surface area contributed by atoms with Crippen LogP contribution in [0.2, 0.25) is 0 Å². The van der Waals surface area contributed by atoms with Crippen molar-refractivity contribution >= 4 is 28.6 Å². The molecule has 0 fully saturated rings. The molecule has 0 saturated carbocycles. The average molecular weight is 336 g/mol. The summed E-state index contributed by atoms with van der Waals surface area (Å²) in [5, 5.41) is 3.91. The van der Waals surface area contributed by atoms with Gasteiger partial charge in [0.15, 0.2) is 0 Å². The first kappa shape index (κ1) is 16.5. The third-order valence-electron chi connectivity index (χ3n) is 3.77. The van der Waals surface area contributed by atoms with Gasteiger partial charge in [-0.3, -0.25) is 9.78 Å². The van der Waals surface area contributed by atoms with Crippen molar-refractivity contribution in [3.63, 3.8) is 0 Å². The Labute approximate surface area is 146 Å². The lowest BCUT2D eigenvalue weighted by Crippen LogP contribution is -2.26. The number of fused-ring (bicyclic) bond motifs is 1. The fraction of sp³-hybridized carbons (Fsp3) is 0.200. The number of aryl methyl sites for hydroxylation is 2. The minimum atomic E-state index is -0.0405. The second kappa shape index (κ2) is 7.49. The van der Waals surface area contributed by atoms with Crippen molar-refractivity contribution in [3.05, 3.63) is 71.4 Å². The van der Waals surface area contributed by atoms with Gasteiger partial charge < -0.3 is 5.32 Å². The van der Waals surface area contributed by atoms with Gasteiger partial charge in [0.25, 0.3) is 5.91 Å².